The summed E-state index contributed by atoms with van der Waals surface area (Å²) in [6.07, 6.45) is 2.19. The number of guanidine groups is 1. The van der Waals surface area contributed by atoms with Crippen LogP contribution in [0, 0.1) is 0 Å². The van der Waals surface area contributed by atoms with E-state index in [1.807, 2.05) is 35.4 Å². The Morgan fingerprint density at radius 2 is 2.03 bits per heavy atom. The van der Waals surface area contributed by atoms with Crippen molar-refractivity contribution in [3.8, 4) is 0 Å². The van der Waals surface area contributed by atoms with Gasteiger partial charge in [-0.05, 0) is 49.3 Å². The van der Waals surface area contributed by atoms with Gasteiger partial charge in [0.1, 0.15) is 5.60 Å². The van der Waals surface area contributed by atoms with Gasteiger partial charge in [-0.3, -0.25) is 4.79 Å². The lowest BCUT2D eigenvalue weighted by Gasteiger charge is -2.29. The van der Waals surface area contributed by atoms with Crippen molar-refractivity contribution in [1.29, 1.82) is 0 Å². The van der Waals surface area contributed by atoms with E-state index in [2.05, 4.69) is 33.8 Å². The number of amides is 1. The maximum atomic E-state index is 12.6. The molecule has 7 heteroatoms. The molecule has 30 heavy (non-hydrogen) atoms. The van der Waals surface area contributed by atoms with E-state index in [1.165, 1.54) is 22.5 Å². The fourth-order valence-electron chi connectivity index (χ4n) is 3.55. The number of nitrogens with zero attached hydrogens (tertiary/aromatic N) is 2. The molecule has 0 spiro atoms. The Morgan fingerprint density at radius 3 is 2.77 bits per heavy atom. The highest BCUT2D eigenvalue weighted by molar-refractivity contribution is 7.10. The van der Waals surface area contributed by atoms with Gasteiger partial charge in [-0.1, -0.05) is 30.3 Å². The van der Waals surface area contributed by atoms with Gasteiger partial charge in [0.05, 0.1) is 6.54 Å². The third-order valence-corrected chi connectivity index (χ3v) is 6.41. The second kappa shape index (κ2) is 10.6. The first-order chi connectivity index (χ1) is 14.5. The lowest BCUT2D eigenvalue weighted by molar-refractivity contribution is -0.132. The van der Waals surface area contributed by atoms with Gasteiger partial charge in [-0.15, -0.1) is 11.3 Å². The molecule has 162 valence electrons. The van der Waals surface area contributed by atoms with Gasteiger partial charge < -0.3 is 20.6 Å². The molecule has 3 rings (SSSR count). The van der Waals surface area contributed by atoms with Crippen LogP contribution in [0.4, 0.5) is 0 Å². The van der Waals surface area contributed by atoms with Crippen molar-refractivity contribution in [2.75, 3.05) is 26.2 Å². The number of nitrogens with one attached hydrogen (secondary N) is 2. The Morgan fingerprint density at radius 1 is 1.23 bits per heavy atom. The Balaban J connectivity index is 1.44. The van der Waals surface area contributed by atoms with Crippen LogP contribution in [0.25, 0.3) is 0 Å². The highest BCUT2D eigenvalue weighted by atomic mass is 32.1. The van der Waals surface area contributed by atoms with Crippen molar-refractivity contribution >= 4 is 23.2 Å². The first-order valence-corrected chi connectivity index (χ1v) is 11.5. The summed E-state index contributed by atoms with van der Waals surface area (Å²) in [7, 11) is 0. The van der Waals surface area contributed by atoms with Crippen LogP contribution in [0.2, 0.25) is 0 Å². The summed E-state index contributed by atoms with van der Waals surface area (Å²) in [4.78, 5) is 20.0. The van der Waals surface area contributed by atoms with Crippen molar-refractivity contribution < 1.29 is 9.90 Å². The van der Waals surface area contributed by atoms with E-state index in [4.69, 9.17) is 0 Å². The van der Waals surface area contributed by atoms with Crippen LogP contribution in [0.1, 0.15) is 42.7 Å². The highest BCUT2D eigenvalue weighted by Crippen LogP contribution is 2.25. The Hall–Kier alpha value is -2.38. The standard InChI is InChI=1S/C23H32N4O2S/c1-3-24-22(26-17-23(2,29)20-10-7-15-30-20)25-13-6-11-21(28)27-14-12-18-8-4-5-9-19(18)16-27/h4-5,7-10,15,29H,3,6,11-14,16-17H2,1-2H3,(H2,24,25,26). The topological polar surface area (TPSA) is 77.0 Å². The molecule has 0 aliphatic carbocycles. The largest absolute Gasteiger partial charge is 0.383 e. The lowest BCUT2D eigenvalue weighted by Crippen LogP contribution is -2.40. The number of thiophene rings is 1. The van der Waals surface area contributed by atoms with E-state index >= 15 is 0 Å². The van der Waals surface area contributed by atoms with Gasteiger partial charge in [0.15, 0.2) is 5.96 Å². The number of rotatable bonds is 8. The van der Waals surface area contributed by atoms with Gasteiger partial charge in [0.2, 0.25) is 5.91 Å². The fourth-order valence-corrected chi connectivity index (χ4v) is 4.33. The SMILES string of the molecule is CCNC(=NCC(C)(O)c1cccs1)NCCCC(=O)N1CCc2ccccc2C1. The zero-order chi connectivity index (χ0) is 21.4. The molecular weight excluding hydrogens is 396 g/mol. The van der Waals surface area contributed by atoms with Crippen LogP contribution in [0.5, 0.6) is 0 Å². The summed E-state index contributed by atoms with van der Waals surface area (Å²) < 4.78 is 0. The van der Waals surface area contributed by atoms with Crippen LogP contribution in [0.3, 0.4) is 0 Å². The minimum absolute atomic E-state index is 0.203. The van der Waals surface area contributed by atoms with E-state index in [9.17, 15) is 9.90 Å². The first-order valence-electron chi connectivity index (χ1n) is 10.6. The molecule has 0 fully saturated rings. The van der Waals surface area contributed by atoms with E-state index in [0.29, 0.717) is 25.5 Å². The molecular formula is C23H32N4O2S. The number of hydrogen-bond donors (Lipinski definition) is 3. The number of hydrogen-bond acceptors (Lipinski definition) is 4. The molecule has 1 unspecified atom stereocenters. The van der Waals surface area contributed by atoms with Crippen molar-refractivity contribution in [2.45, 2.75) is 45.3 Å². The maximum absolute atomic E-state index is 12.6. The summed E-state index contributed by atoms with van der Waals surface area (Å²) in [6, 6.07) is 12.2. The van der Waals surface area contributed by atoms with E-state index in [-0.39, 0.29) is 12.5 Å². The second-order valence-corrected chi connectivity index (χ2v) is 8.76. The van der Waals surface area contributed by atoms with E-state index in [0.717, 1.165) is 30.8 Å². The third kappa shape index (κ3) is 6.06. The van der Waals surface area contributed by atoms with Crippen LogP contribution in [-0.4, -0.2) is 48.1 Å². The monoisotopic (exact) mass is 428 g/mol. The highest BCUT2D eigenvalue weighted by Gasteiger charge is 2.24. The van der Waals surface area contributed by atoms with E-state index < -0.39 is 5.60 Å². The predicted molar refractivity (Wildman–Crippen MR) is 123 cm³/mol. The summed E-state index contributed by atoms with van der Waals surface area (Å²) in [5.41, 5.74) is 1.62. The minimum atomic E-state index is -0.989. The molecule has 0 bridgehead atoms. The predicted octanol–water partition coefficient (Wildman–Crippen LogP) is 2.88. The molecule has 2 heterocycles. The number of carbonyl (C=O) groups excluding carboxylic acids is 1. The van der Waals surface area contributed by atoms with Crippen LogP contribution >= 0.6 is 11.3 Å². The maximum Gasteiger partial charge on any atom is 0.222 e. The molecule has 6 nitrogen and oxygen atoms in total. The number of fused-ring (bicyclic) bond motifs is 1. The Labute approximate surface area is 183 Å². The van der Waals surface area contributed by atoms with Gasteiger partial charge in [-0.2, -0.15) is 0 Å². The number of benzene rings is 1. The summed E-state index contributed by atoms with van der Waals surface area (Å²) in [5.74, 6) is 0.863. The molecule has 0 saturated heterocycles. The molecule has 3 N–H and O–H groups in total. The smallest absolute Gasteiger partial charge is 0.222 e. The van der Waals surface area contributed by atoms with Crippen molar-refractivity contribution in [3.05, 3.63) is 57.8 Å². The average molecular weight is 429 g/mol. The lowest BCUT2D eigenvalue weighted by atomic mass is 9.99. The zero-order valence-corrected chi connectivity index (χ0v) is 18.7. The normalized spacial score (nSPS) is 16.0. The fraction of sp³-hybridized carbons (Fsp3) is 0.478. The summed E-state index contributed by atoms with van der Waals surface area (Å²) in [6.45, 7) is 6.96. The molecule has 1 aliphatic rings. The van der Waals surface area contributed by atoms with Crippen molar-refractivity contribution in [1.82, 2.24) is 15.5 Å². The summed E-state index contributed by atoms with van der Waals surface area (Å²) >= 11 is 1.53. The molecule has 1 atom stereocenters. The van der Waals surface area contributed by atoms with Crippen LogP contribution in [0.15, 0.2) is 46.8 Å². The van der Waals surface area contributed by atoms with Crippen LogP contribution in [-0.2, 0) is 23.4 Å². The average Bonchev–Trinajstić information content (AvgIpc) is 3.30. The van der Waals surface area contributed by atoms with Gasteiger partial charge >= 0.3 is 0 Å². The minimum Gasteiger partial charge on any atom is -0.383 e. The van der Waals surface area contributed by atoms with Crippen molar-refractivity contribution in [3.63, 3.8) is 0 Å². The first kappa shape index (κ1) is 22.3. The second-order valence-electron chi connectivity index (χ2n) is 7.81. The Bertz CT molecular complexity index is 849. The Kier molecular flexibility index (Phi) is 7.87. The van der Waals surface area contributed by atoms with Gasteiger partial charge in [-0.25, -0.2) is 4.99 Å². The molecule has 0 radical (unpaired) electrons. The number of aliphatic hydroxyl groups is 1. The zero-order valence-electron chi connectivity index (χ0n) is 17.9. The van der Waals surface area contributed by atoms with Crippen LogP contribution < -0.4 is 10.6 Å². The number of carbonyl (C=O) groups is 1. The van der Waals surface area contributed by atoms with E-state index in [1.54, 1.807) is 6.92 Å². The van der Waals surface area contributed by atoms with Gasteiger partial charge in [0, 0.05) is 37.5 Å². The van der Waals surface area contributed by atoms with Gasteiger partial charge in [0.25, 0.3) is 0 Å². The number of aliphatic imine (C=N–C) groups is 1. The molecule has 1 aromatic heterocycles. The third-order valence-electron chi connectivity index (χ3n) is 5.28. The molecule has 1 aliphatic heterocycles. The summed E-state index contributed by atoms with van der Waals surface area (Å²) in [5, 5.41) is 19.1. The quantitative estimate of drug-likeness (QED) is 0.343. The van der Waals surface area contributed by atoms with Crippen molar-refractivity contribution in [2.24, 2.45) is 4.99 Å². The molecule has 0 saturated carbocycles. The molecule has 1 amide bonds. The molecule has 2 aromatic rings. The molecule has 1 aromatic carbocycles.